The van der Waals surface area contributed by atoms with E-state index in [0.29, 0.717) is 5.06 Å². The predicted molar refractivity (Wildman–Crippen MR) is 90.5 cm³/mol. The Bertz CT molecular complexity index is 692. The fourth-order valence-electron chi connectivity index (χ4n) is 2.04. The smallest absolute Gasteiger partial charge is 0.243 e. The van der Waals surface area contributed by atoms with Crippen LogP contribution in [0.15, 0.2) is 54.6 Å². The Morgan fingerprint density at radius 2 is 1.87 bits per heavy atom. The van der Waals surface area contributed by atoms with Crippen molar-refractivity contribution in [1.29, 1.82) is 0 Å². The number of nitrogens with zero attached hydrogens (tertiary/aromatic N) is 1. The van der Waals surface area contributed by atoms with E-state index in [1.54, 1.807) is 13.0 Å². The molecule has 2 aromatic rings. The van der Waals surface area contributed by atoms with Gasteiger partial charge in [-0.15, -0.1) is 0 Å². The van der Waals surface area contributed by atoms with Crippen molar-refractivity contribution in [2.45, 2.75) is 26.8 Å². The number of aryl methyl sites for hydroxylation is 1. The van der Waals surface area contributed by atoms with Crippen LogP contribution < -0.4 is 4.74 Å². The van der Waals surface area contributed by atoms with E-state index in [-0.39, 0.29) is 0 Å². The van der Waals surface area contributed by atoms with Gasteiger partial charge in [-0.05, 0) is 43.7 Å². The standard InChI is InChI=1S/C19H21NO3/c1-14-7-11-18(12-8-14)23-19-6-4-5-17(13-19)10-9-15(2)20(22)16(3)21/h4-13,15,22H,1-3H3. The summed E-state index contributed by atoms with van der Waals surface area (Å²) in [5, 5.41) is 10.3. The lowest BCUT2D eigenvalue weighted by Gasteiger charge is -2.17. The van der Waals surface area contributed by atoms with Gasteiger partial charge in [-0.1, -0.05) is 42.0 Å². The number of carbonyl (C=O) groups is 1. The number of hydrogen-bond donors (Lipinski definition) is 1. The second-order valence-corrected chi connectivity index (χ2v) is 5.45. The quantitative estimate of drug-likeness (QED) is 0.656. The van der Waals surface area contributed by atoms with Gasteiger partial charge in [-0.2, -0.15) is 0 Å². The van der Waals surface area contributed by atoms with Crippen LogP contribution in [0.5, 0.6) is 11.5 Å². The van der Waals surface area contributed by atoms with E-state index < -0.39 is 11.9 Å². The van der Waals surface area contributed by atoms with Gasteiger partial charge in [0.1, 0.15) is 11.5 Å². The van der Waals surface area contributed by atoms with E-state index in [1.807, 2.05) is 61.5 Å². The highest BCUT2D eigenvalue weighted by Gasteiger charge is 2.10. The minimum absolute atomic E-state index is 0.390. The third kappa shape index (κ3) is 4.97. The lowest BCUT2D eigenvalue weighted by molar-refractivity contribution is -0.167. The van der Waals surface area contributed by atoms with E-state index in [1.165, 1.54) is 12.5 Å². The predicted octanol–water partition coefficient (Wildman–Crippen LogP) is 4.43. The fraction of sp³-hybridized carbons (Fsp3) is 0.211. The Labute approximate surface area is 136 Å². The van der Waals surface area contributed by atoms with Crippen LogP contribution in [-0.2, 0) is 4.79 Å². The Kier molecular flexibility index (Phi) is 5.55. The number of benzene rings is 2. The Morgan fingerprint density at radius 3 is 2.52 bits per heavy atom. The molecule has 0 spiro atoms. The number of hydroxylamine groups is 2. The molecule has 4 nitrogen and oxygen atoms in total. The van der Waals surface area contributed by atoms with E-state index in [9.17, 15) is 10.0 Å². The molecule has 0 saturated carbocycles. The van der Waals surface area contributed by atoms with Crippen LogP contribution in [0.1, 0.15) is 25.0 Å². The van der Waals surface area contributed by atoms with Gasteiger partial charge < -0.3 is 4.74 Å². The summed E-state index contributed by atoms with van der Waals surface area (Å²) in [4.78, 5) is 11.1. The zero-order valence-electron chi connectivity index (χ0n) is 13.6. The van der Waals surface area contributed by atoms with E-state index >= 15 is 0 Å². The average Bonchev–Trinajstić information content (AvgIpc) is 2.54. The molecule has 0 saturated heterocycles. The molecule has 23 heavy (non-hydrogen) atoms. The minimum Gasteiger partial charge on any atom is -0.457 e. The maximum Gasteiger partial charge on any atom is 0.243 e. The highest BCUT2D eigenvalue weighted by molar-refractivity contribution is 5.72. The van der Waals surface area contributed by atoms with E-state index in [4.69, 9.17) is 4.74 Å². The Hall–Kier alpha value is -2.59. The van der Waals surface area contributed by atoms with Crippen LogP contribution >= 0.6 is 0 Å². The first-order valence-corrected chi connectivity index (χ1v) is 7.47. The molecule has 1 N–H and O–H groups in total. The van der Waals surface area contributed by atoms with Crippen LogP contribution in [0.25, 0.3) is 6.08 Å². The molecule has 0 aliphatic rings. The topological polar surface area (TPSA) is 49.8 Å². The summed E-state index contributed by atoms with van der Waals surface area (Å²) >= 11 is 0. The first kappa shape index (κ1) is 16.8. The highest BCUT2D eigenvalue weighted by atomic mass is 16.5. The zero-order chi connectivity index (χ0) is 16.8. The van der Waals surface area contributed by atoms with Crippen molar-refractivity contribution in [1.82, 2.24) is 5.06 Å². The number of amides is 1. The third-order valence-electron chi connectivity index (χ3n) is 3.39. The molecular weight excluding hydrogens is 290 g/mol. The second kappa shape index (κ2) is 7.61. The molecule has 1 unspecified atom stereocenters. The molecule has 0 aromatic heterocycles. The molecule has 0 aliphatic heterocycles. The number of rotatable bonds is 5. The first-order chi connectivity index (χ1) is 11.0. The summed E-state index contributed by atoms with van der Waals surface area (Å²) < 4.78 is 5.82. The van der Waals surface area contributed by atoms with Crippen molar-refractivity contribution in [3.63, 3.8) is 0 Å². The zero-order valence-corrected chi connectivity index (χ0v) is 13.6. The second-order valence-electron chi connectivity index (χ2n) is 5.45. The average molecular weight is 311 g/mol. The lowest BCUT2D eigenvalue weighted by atomic mass is 10.1. The van der Waals surface area contributed by atoms with Crippen LogP contribution in [0.3, 0.4) is 0 Å². The Balaban J connectivity index is 2.07. The first-order valence-electron chi connectivity index (χ1n) is 7.47. The van der Waals surface area contributed by atoms with Crippen LogP contribution in [0.2, 0.25) is 0 Å². The molecule has 0 heterocycles. The number of carbonyl (C=O) groups excluding carboxylic acids is 1. The van der Waals surface area contributed by atoms with Gasteiger partial charge in [0.05, 0.1) is 6.04 Å². The third-order valence-corrected chi connectivity index (χ3v) is 3.39. The summed E-state index contributed by atoms with van der Waals surface area (Å²) in [6.07, 6.45) is 3.60. The summed E-state index contributed by atoms with van der Waals surface area (Å²) in [7, 11) is 0. The van der Waals surface area contributed by atoms with Gasteiger partial charge in [0, 0.05) is 6.92 Å². The van der Waals surface area contributed by atoms with Crippen molar-refractivity contribution < 1.29 is 14.7 Å². The number of ether oxygens (including phenoxy) is 1. The number of hydrogen-bond acceptors (Lipinski definition) is 3. The molecule has 2 rings (SSSR count). The maximum absolute atomic E-state index is 11.1. The van der Waals surface area contributed by atoms with Gasteiger partial charge in [0.2, 0.25) is 5.91 Å². The molecule has 1 amide bonds. The molecule has 2 aromatic carbocycles. The molecule has 0 radical (unpaired) electrons. The lowest BCUT2D eigenvalue weighted by Crippen LogP contribution is -2.32. The largest absolute Gasteiger partial charge is 0.457 e. The van der Waals surface area contributed by atoms with Gasteiger partial charge in [-0.25, -0.2) is 5.06 Å². The molecule has 120 valence electrons. The maximum atomic E-state index is 11.1. The van der Waals surface area contributed by atoms with Crippen molar-refractivity contribution in [2.75, 3.05) is 0 Å². The minimum atomic E-state index is -0.394. The van der Waals surface area contributed by atoms with Gasteiger partial charge in [0.25, 0.3) is 0 Å². The molecule has 0 fully saturated rings. The van der Waals surface area contributed by atoms with Crippen LogP contribution in [-0.4, -0.2) is 22.2 Å². The molecular formula is C19H21NO3. The fourth-order valence-corrected chi connectivity index (χ4v) is 2.04. The van der Waals surface area contributed by atoms with Gasteiger partial charge in [-0.3, -0.25) is 10.0 Å². The van der Waals surface area contributed by atoms with Crippen molar-refractivity contribution in [3.8, 4) is 11.5 Å². The normalized spacial score (nSPS) is 12.2. The van der Waals surface area contributed by atoms with Crippen LogP contribution in [0.4, 0.5) is 0 Å². The summed E-state index contributed by atoms with van der Waals surface area (Å²) in [6, 6.07) is 15.1. The van der Waals surface area contributed by atoms with Crippen LogP contribution in [0, 0.1) is 6.92 Å². The molecule has 0 aliphatic carbocycles. The summed E-state index contributed by atoms with van der Waals surface area (Å²) in [6.45, 7) is 5.09. The van der Waals surface area contributed by atoms with Gasteiger partial charge in [0.15, 0.2) is 0 Å². The van der Waals surface area contributed by atoms with Crippen molar-refractivity contribution >= 4 is 12.0 Å². The molecule has 0 bridgehead atoms. The van der Waals surface area contributed by atoms with E-state index in [2.05, 4.69) is 0 Å². The SMILES string of the molecule is CC(=O)N(O)C(C)C=Cc1cccc(Oc2ccc(C)cc2)c1. The molecule has 4 heteroatoms. The van der Waals surface area contributed by atoms with Crippen molar-refractivity contribution in [3.05, 3.63) is 65.7 Å². The summed E-state index contributed by atoms with van der Waals surface area (Å²) in [5.41, 5.74) is 2.11. The monoisotopic (exact) mass is 311 g/mol. The Morgan fingerprint density at radius 1 is 1.17 bits per heavy atom. The highest BCUT2D eigenvalue weighted by Crippen LogP contribution is 2.23. The van der Waals surface area contributed by atoms with Gasteiger partial charge >= 0.3 is 0 Å². The van der Waals surface area contributed by atoms with Crippen molar-refractivity contribution in [2.24, 2.45) is 0 Å². The summed E-state index contributed by atoms with van der Waals surface area (Å²) in [5.74, 6) is 1.12. The van der Waals surface area contributed by atoms with E-state index in [0.717, 1.165) is 17.1 Å². The molecule has 1 atom stereocenters.